The summed E-state index contributed by atoms with van der Waals surface area (Å²) in [6, 6.07) is 15.7. The molecule has 0 aliphatic rings. The Bertz CT molecular complexity index is 801. The number of aliphatic hydroxyl groups is 1. The molecular formula is C20H23ClN2O2. The summed E-state index contributed by atoms with van der Waals surface area (Å²) in [6.45, 7) is 2.85. The van der Waals surface area contributed by atoms with E-state index in [2.05, 4.69) is 41.6 Å². The van der Waals surface area contributed by atoms with Gasteiger partial charge in [-0.05, 0) is 49.2 Å². The lowest BCUT2D eigenvalue weighted by Crippen LogP contribution is -2.37. The van der Waals surface area contributed by atoms with Gasteiger partial charge in [-0.25, -0.2) is 0 Å². The summed E-state index contributed by atoms with van der Waals surface area (Å²) >= 11 is 5.84. The molecular weight excluding hydrogens is 336 g/mol. The molecule has 2 atom stereocenters. The van der Waals surface area contributed by atoms with Crippen LogP contribution in [0.2, 0.25) is 5.02 Å². The number of aliphatic hydroxyl groups excluding tert-OH is 1. The first-order valence-corrected chi connectivity index (χ1v) is 8.84. The van der Waals surface area contributed by atoms with Crippen LogP contribution in [-0.2, 0) is 6.42 Å². The van der Waals surface area contributed by atoms with Gasteiger partial charge in [0.05, 0.1) is 0 Å². The summed E-state index contributed by atoms with van der Waals surface area (Å²) < 4.78 is 5.56. The van der Waals surface area contributed by atoms with E-state index in [0.29, 0.717) is 17.3 Å². The Labute approximate surface area is 152 Å². The van der Waals surface area contributed by atoms with Crippen molar-refractivity contribution in [3.05, 3.63) is 65.3 Å². The monoisotopic (exact) mass is 358 g/mol. The number of nitrogens with one attached hydrogen (secondary N) is 2. The molecule has 1 heterocycles. The summed E-state index contributed by atoms with van der Waals surface area (Å²) in [5, 5.41) is 15.4. The van der Waals surface area contributed by atoms with Crippen LogP contribution >= 0.6 is 11.6 Å². The summed E-state index contributed by atoms with van der Waals surface area (Å²) in [4.78, 5) is 3.29. The van der Waals surface area contributed by atoms with Gasteiger partial charge in [0, 0.05) is 34.7 Å². The minimum atomic E-state index is -0.568. The Morgan fingerprint density at radius 1 is 1.16 bits per heavy atom. The summed E-state index contributed by atoms with van der Waals surface area (Å²) in [5.41, 5.74) is 2.43. The van der Waals surface area contributed by atoms with Gasteiger partial charge in [0.2, 0.25) is 0 Å². The normalized spacial score (nSPS) is 13.7. The molecule has 0 aliphatic carbocycles. The van der Waals surface area contributed by atoms with E-state index < -0.39 is 6.10 Å². The molecule has 3 N–H and O–H groups in total. The minimum Gasteiger partial charge on any atom is -0.491 e. The molecule has 4 nitrogen and oxygen atoms in total. The van der Waals surface area contributed by atoms with E-state index in [1.807, 2.05) is 6.07 Å². The quantitative estimate of drug-likeness (QED) is 0.574. The number of aromatic amines is 1. The lowest BCUT2D eigenvalue weighted by molar-refractivity contribution is 0.104. The number of hydrogen-bond donors (Lipinski definition) is 3. The smallest absolute Gasteiger partial charge is 0.119 e. The van der Waals surface area contributed by atoms with Crippen molar-refractivity contribution < 1.29 is 9.84 Å². The topological polar surface area (TPSA) is 57.3 Å². The molecule has 0 spiro atoms. The number of ether oxygens (including phenoxy) is 1. The number of aromatic nitrogens is 1. The second-order valence-electron chi connectivity index (χ2n) is 6.29. The van der Waals surface area contributed by atoms with Crippen molar-refractivity contribution in [2.75, 3.05) is 13.2 Å². The van der Waals surface area contributed by atoms with Crippen LogP contribution in [0.4, 0.5) is 0 Å². The van der Waals surface area contributed by atoms with E-state index in [1.165, 1.54) is 10.9 Å². The molecule has 2 aromatic carbocycles. The molecule has 0 aliphatic heterocycles. The van der Waals surface area contributed by atoms with E-state index >= 15 is 0 Å². The van der Waals surface area contributed by atoms with Crippen LogP contribution in [0, 0.1) is 0 Å². The predicted octanol–water partition coefficient (Wildman–Crippen LogP) is 3.78. The van der Waals surface area contributed by atoms with Gasteiger partial charge >= 0.3 is 0 Å². The van der Waals surface area contributed by atoms with Crippen molar-refractivity contribution in [1.29, 1.82) is 0 Å². The molecule has 132 valence electrons. The Kier molecular flexibility index (Phi) is 5.97. The zero-order valence-electron chi connectivity index (χ0n) is 14.2. The summed E-state index contributed by atoms with van der Waals surface area (Å²) in [7, 11) is 0. The maximum atomic E-state index is 10.1. The third kappa shape index (κ3) is 4.98. The van der Waals surface area contributed by atoms with Gasteiger partial charge < -0.3 is 20.1 Å². The molecule has 0 radical (unpaired) electrons. The van der Waals surface area contributed by atoms with E-state index in [9.17, 15) is 5.11 Å². The van der Waals surface area contributed by atoms with Crippen molar-refractivity contribution in [3.63, 3.8) is 0 Å². The molecule has 3 aromatic rings. The standard InChI is InChI=1S/C20H23ClN2O2/c1-14(10-15-11-23-20-5-3-2-4-19(15)20)22-12-17(24)13-25-18-8-6-16(21)7-9-18/h2-9,11,14,17,22-24H,10,12-13H2,1H3. The average molecular weight is 359 g/mol. The third-order valence-electron chi connectivity index (χ3n) is 4.16. The lowest BCUT2D eigenvalue weighted by Gasteiger charge is -2.17. The number of para-hydroxylation sites is 1. The second-order valence-corrected chi connectivity index (χ2v) is 6.73. The van der Waals surface area contributed by atoms with Crippen molar-refractivity contribution in [1.82, 2.24) is 10.3 Å². The zero-order valence-corrected chi connectivity index (χ0v) is 15.0. The molecule has 0 bridgehead atoms. The minimum absolute atomic E-state index is 0.244. The highest BCUT2D eigenvalue weighted by atomic mass is 35.5. The van der Waals surface area contributed by atoms with Crippen molar-refractivity contribution >= 4 is 22.5 Å². The maximum Gasteiger partial charge on any atom is 0.119 e. The highest BCUT2D eigenvalue weighted by molar-refractivity contribution is 6.30. The molecule has 0 amide bonds. The van der Waals surface area contributed by atoms with E-state index in [0.717, 1.165) is 11.9 Å². The van der Waals surface area contributed by atoms with Crippen molar-refractivity contribution in [2.24, 2.45) is 0 Å². The Hall–Kier alpha value is -2.01. The maximum absolute atomic E-state index is 10.1. The van der Waals surface area contributed by atoms with Crippen LogP contribution in [-0.4, -0.2) is 35.4 Å². The lowest BCUT2D eigenvalue weighted by atomic mass is 10.1. The van der Waals surface area contributed by atoms with Crippen molar-refractivity contribution in [2.45, 2.75) is 25.5 Å². The van der Waals surface area contributed by atoms with Gasteiger partial charge in [0.1, 0.15) is 18.5 Å². The largest absolute Gasteiger partial charge is 0.491 e. The second kappa shape index (κ2) is 8.39. The first-order valence-electron chi connectivity index (χ1n) is 8.46. The Morgan fingerprint density at radius 3 is 2.72 bits per heavy atom. The fourth-order valence-corrected chi connectivity index (χ4v) is 2.95. The first-order chi connectivity index (χ1) is 12.1. The third-order valence-corrected chi connectivity index (χ3v) is 4.41. The van der Waals surface area contributed by atoms with Crippen LogP contribution in [0.1, 0.15) is 12.5 Å². The van der Waals surface area contributed by atoms with Crippen molar-refractivity contribution in [3.8, 4) is 5.75 Å². The number of fused-ring (bicyclic) bond motifs is 1. The average Bonchev–Trinajstić information content (AvgIpc) is 3.02. The van der Waals surface area contributed by atoms with E-state index in [4.69, 9.17) is 16.3 Å². The molecule has 5 heteroatoms. The van der Waals surface area contributed by atoms with Gasteiger partial charge in [-0.1, -0.05) is 29.8 Å². The fourth-order valence-electron chi connectivity index (χ4n) is 2.82. The molecule has 3 rings (SSSR count). The number of hydrogen-bond acceptors (Lipinski definition) is 3. The van der Waals surface area contributed by atoms with Gasteiger partial charge in [0.15, 0.2) is 0 Å². The number of halogens is 1. The molecule has 0 fully saturated rings. The van der Waals surface area contributed by atoms with Crippen LogP contribution in [0.5, 0.6) is 5.75 Å². The Balaban J connectivity index is 1.43. The van der Waals surface area contributed by atoms with Gasteiger partial charge in [-0.3, -0.25) is 0 Å². The van der Waals surface area contributed by atoms with Gasteiger partial charge in [0.25, 0.3) is 0 Å². The number of benzene rings is 2. The van der Waals surface area contributed by atoms with E-state index in [-0.39, 0.29) is 12.6 Å². The highest BCUT2D eigenvalue weighted by Crippen LogP contribution is 2.19. The zero-order chi connectivity index (χ0) is 17.6. The number of H-pyrrole nitrogens is 1. The molecule has 1 aromatic heterocycles. The molecule has 0 saturated carbocycles. The van der Waals surface area contributed by atoms with Crippen LogP contribution in [0.3, 0.4) is 0 Å². The van der Waals surface area contributed by atoms with Crippen LogP contribution < -0.4 is 10.1 Å². The fraction of sp³-hybridized carbons (Fsp3) is 0.300. The van der Waals surface area contributed by atoms with E-state index in [1.54, 1.807) is 24.3 Å². The summed E-state index contributed by atoms with van der Waals surface area (Å²) in [5.74, 6) is 0.704. The SMILES string of the molecule is CC(Cc1c[nH]c2ccccc12)NCC(O)COc1ccc(Cl)cc1. The molecule has 0 saturated heterocycles. The molecule has 2 unspecified atom stereocenters. The van der Waals surface area contributed by atoms with Crippen LogP contribution in [0.25, 0.3) is 10.9 Å². The first kappa shape index (κ1) is 17.8. The van der Waals surface area contributed by atoms with Crippen LogP contribution in [0.15, 0.2) is 54.7 Å². The molecule has 25 heavy (non-hydrogen) atoms. The van der Waals surface area contributed by atoms with Gasteiger partial charge in [-0.15, -0.1) is 0 Å². The Morgan fingerprint density at radius 2 is 1.92 bits per heavy atom. The highest BCUT2D eigenvalue weighted by Gasteiger charge is 2.11. The predicted molar refractivity (Wildman–Crippen MR) is 102 cm³/mol. The summed E-state index contributed by atoms with van der Waals surface area (Å²) in [6.07, 6.45) is 2.39. The number of rotatable bonds is 8. The van der Waals surface area contributed by atoms with Gasteiger partial charge in [-0.2, -0.15) is 0 Å².